The predicted molar refractivity (Wildman–Crippen MR) is 80.1 cm³/mol. The first kappa shape index (κ1) is 15.8. The number of aromatic carboxylic acids is 1. The fourth-order valence-electron chi connectivity index (χ4n) is 2.46. The van der Waals surface area contributed by atoms with Gasteiger partial charge in [-0.15, -0.1) is 0 Å². The molecular weight excluding hydrogens is 323 g/mol. The molecule has 0 radical (unpaired) electrons. The Morgan fingerprint density at radius 1 is 0.958 bits per heavy atom. The van der Waals surface area contributed by atoms with Crippen LogP contribution in [0.5, 0.6) is 0 Å². The number of aromatic nitrogens is 1. The van der Waals surface area contributed by atoms with Gasteiger partial charge in [-0.3, -0.25) is 9.36 Å². The average molecular weight is 333 g/mol. The van der Waals surface area contributed by atoms with Gasteiger partial charge < -0.3 is 5.11 Å². The smallest absolute Gasteiger partial charge is 0.416 e. The van der Waals surface area contributed by atoms with Gasteiger partial charge in [0.05, 0.1) is 16.6 Å². The molecule has 0 spiro atoms. The summed E-state index contributed by atoms with van der Waals surface area (Å²) in [6.07, 6.45) is -3.31. The molecule has 0 saturated carbocycles. The largest absolute Gasteiger partial charge is 0.478 e. The Balaban J connectivity index is 2.08. The summed E-state index contributed by atoms with van der Waals surface area (Å²) in [6, 6.07) is 10.2. The number of hydrogen-bond donors (Lipinski definition) is 1. The van der Waals surface area contributed by atoms with Crippen molar-refractivity contribution in [2.45, 2.75) is 6.18 Å². The third-order valence-corrected chi connectivity index (χ3v) is 3.62. The van der Waals surface area contributed by atoms with Crippen molar-refractivity contribution in [2.24, 2.45) is 0 Å². The summed E-state index contributed by atoms with van der Waals surface area (Å²) >= 11 is 0. The molecule has 1 aromatic heterocycles. The topological polar surface area (TPSA) is 59.3 Å². The number of halogens is 3. The third kappa shape index (κ3) is 2.64. The maximum absolute atomic E-state index is 12.6. The normalized spacial score (nSPS) is 11.6. The molecule has 3 aromatic rings. The number of carbonyl (C=O) groups excluding carboxylic acids is 1. The van der Waals surface area contributed by atoms with E-state index in [9.17, 15) is 27.9 Å². The number of alkyl halides is 3. The Morgan fingerprint density at radius 2 is 1.58 bits per heavy atom. The number of hydrogen-bond acceptors (Lipinski definition) is 2. The van der Waals surface area contributed by atoms with Crippen LogP contribution in [0.25, 0.3) is 10.9 Å². The summed E-state index contributed by atoms with van der Waals surface area (Å²) in [5, 5.41) is 9.60. The summed E-state index contributed by atoms with van der Waals surface area (Å²) in [6.45, 7) is 0. The summed E-state index contributed by atoms with van der Waals surface area (Å²) in [5.41, 5.74) is -0.506. The summed E-state index contributed by atoms with van der Waals surface area (Å²) < 4.78 is 38.9. The highest BCUT2D eigenvalue weighted by Gasteiger charge is 2.30. The Morgan fingerprint density at radius 3 is 2.17 bits per heavy atom. The van der Waals surface area contributed by atoms with Crippen molar-refractivity contribution in [1.29, 1.82) is 0 Å². The highest BCUT2D eigenvalue weighted by Crippen LogP contribution is 2.29. The van der Waals surface area contributed by atoms with Gasteiger partial charge in [0.15, 0.2) is 0 Å². The van der Waals surface area contributed by atoms with Gasteiger partial charge in [0, 0.05) is 17.1 Å². The van der Waals surface area contributed by atoms with E-state index in [1.54, 1.807) is 24.3 Å². The third-order valence-electron chi connectivity index (χ3n) is 3.62. The van der Waals surface area contributed by atoms with E-state index in [-0.39, 0.29) is 11.1 Å². The molecule has 0 aliphatic rings. The Hall–Kier alpha value is -3.09. The fourth-order valence-corrected chi connectivity index (χ4v) is 2.46. The van der Waals surface area contributed by atoms with Crippen LogP contribution in [0.3, 0.4) is 0 Å². The highest BCUT2D eigenvalue weighted by molar-refractivity contribution is 6.09. The maximum Gasteiger partial charge on any atom is 0.416 e. The number of fused-ring (bicyclic) bond motifs is 1. The van der Waals surface area contributed by atoms with E-state index in [1.165, 1.54) is 6.20 Å². The fraction of sp³-hybridized carbons (Fsp3) is 0.0588. The number of carbonyl (C=O) groups is 2. The minimum Gasteiger partial charge on any atom is -0.478 e. The van der Waals surface area contributed by atoms with E-state index >= 15 is 0 Å². The van der Waals surface area contributed by atoms with Crippen LogP contribution in [0.15, 0.2) is 54.7 Å². The lowest BCUT2D eigenvalue weighted by Crippen LogP contribution is -2.12. The zero-order valence-electron chi connectivity index (χ0n) is 12.0. The molecule has 7 heteroatoms. The van der Waals surface area contributed by atoms with Gasteiger partial charge in [-0.1, -0.05) is 18.2 Å². The lowest BCUT2D eigenvalue weighted by molar-refractivity contribution is -0.137. The molecule has 0 fully saturated rings. The van der Waals surface area contributed by atoms with Gasteiger partial charge in [0.25, 0.3) is 5.91 Å². The predicted octanol–water partition coefficient (Wildman–Crippen LogP) is 4.05. The first-order valence-electron chi connectivity index (χ1n) is 6.84. The molecule has 4 nitrogen and oxygen atoms in total. The molecule has 3 rings (SSSR count). The van der Waals surface area contributed by atoms with Gasteiger partial charge in [0.2, 0.25) is 0 Å². The van der Waals surface area contributed by atoms with Crippen molar-refractivity contribution in [1.82, 2.24) is 4.57 Å². The van der Waals surface area contributed by atoms with Crippen molar-refractivity contribution < 1.29 is 27.9 Å². The van der Waals surface area contributed by atoms with Crippen LogP contribution in [0, 0.1) is 0 Å². The molecule has 1 heterocycles. The lowest BCUT2D eigenvalue weighted by atomic mass is 10.1. The van der Waals surface area contributed by atoms with Gasteiger partial charge in [-0.25, -0.2) is 4.79 Å². The number of rotatable bonds is 2. The van der Waals surface area contributed by atoms with E-state index in [0.717, 1.165) is 28.8 Å². The van der Waals surface area contributed by atoms with Crippen molar-refractivity contribution in [2.75, 3.05) is 0 Å². The number of nitrogens with zero attached hydrogens (tertiary/aromatic N) is 1. The molecule has 0 atom stereocenters. The number of benzene rings is 2. The average Bonchev–Trinajstić information content (AvgIpc) is 2.93. The number of carboxylic acids is 1. The van der Waals surface area contributed by atoms with Crippen molar-refractivity contribution >= 4 is 22.8 Å². The SMILES string of the molecule is O=C(O)c1cn(C(=O)c2ccc(C(F)(F)F)cc2)c2ccccc12. The van der Waals surface area contributed by atoms with Gasteiger partial charge in [-0.05, 0) is 30.3 Å². The van der Waals surface area contributed by atoms with Crippen molar-refractivity contribution in [3.8, 4) is 0 Å². The Labute approximate surface area is 133 Å². The van der Waals surface area contributed by atoms with Crippen LogP contribution < -0.4 is 0 Å². The van der Waals surface area contributed by atoms with Gasteiger partial charge >= 0.3 is 12.1 Å². The quantitative estimate of drug-likeness (QED) is 0.770. The Kier molecular flexibility index (Phi) is 3.63. The second-order valence-electron chi connectivity index (χ2n) is 5.12. The van der Waals surface area contributed by atoms with E-state index in [1.807, 2.05) is 0 Å². The molecule has 0 aliphatic heterocycles. The number of para-hydroxylation sites is 1. The van der Waals surface area contributed by atoms with E-state index < -0.39 is 23.6 Å². The second kappa shape index (κ2) is 5.52. The maximum atomic E-state index is 12.6. The van der Waals surface area contributed by atoms with E-state index in [2.05, 4.69) is 0 Å². The Bertz CT molecular complexity index is 940. The molecule has 1 N–H and O–H groups in total. The molecule has 122 valence electrons. The van der Waals surface area contributed by atoms with Crippen molar-refractivity contribution in [3.05, 3.63) is 71.4 Å². The molecule has 0 saturated heterocycles. The molecule has 0 bridgehead atoms. The minimum absolute atomic E-state index is 0.0284. The van der Waals surface area contributed by atoms with Crippen LogP contribution in [-0.4, -0.2) is 21.6 Å². The van der Waals surface area contributed by atoms with Gasteiger partial charge in [-0.2, -0.15) is 13.2 Å². The second-order valence-corrected chi connectivity index (χ2v) is 5.12. The monoisotopic (exact) mass is 333 g/mol. The van der Waals surface area contributed by atoms with Crippen LogP contribution in [0.4, 0.5) is 13.2 Å². The molecular formula is C17H10F3NO3. The first-order valence-corrected chi connectivity index (χ1v) is 6.84. The molecule has 0 aliphatic carbocycles. The number of carboxylic acid groups (broad SMARTS) is 1. The van der Waals surface area contributed by atoms with Crippen LogP contribution >= 0.6 is 0 Å². The van der Waals surface area contributed by atoms with Crippen LogP contribution in [0.1, 0.15) is 26.3 Å². The molecule has 0 amide bonds. The first-order chi connectivity index (χ1) is 11.3. The van der Waals surface area contributed by atoms with Gasteiger partial charge in [0.1, 0.15) is 0 Å². The molecule has 0 unspecified atom stereocenters. The standard InChI is InChI=1S/C17H10F3NO3/c18-17(19,20)11-7-5-10(6-8-11)15(22)21-9-13(16(23)24)12-3-1-2-4-14(12)21/h1-9H,(H,23,24). The van der Waals surface area contributed by atoms with Crippen LogP contribution in [-0.2, 0) is 6.18 Å². The lowest BCUT2D eigenvalue weighted by Gasteiger charge is -2.08. The molecule has 2 aromatic carbocycles. The zero-order chi connectivity index (χ0) is 17.5. The highest BCUT2D eigenvalue weighted by atomic mass is 19.4. The van der Waals surface area contributed by atoms with E-state index in [0.29, 0.717) is 10.9 Å². The molecule has 24 heavy (non-hydrogen) atoms. The zero-order valence-corrected chi connectivity index (χ0v) is 12.0. The summed E-state index contributed by atoms with van der Waals surface area (Å²) in [4.78, 5) is 23.8. The summed E-state index contributed by atoms with van der Waals surface area (Å²) in [5.74, 6) is -1.79. The van der Waals surface area contributed by atoms with Crippen LogP contribution in [0.2, 0.25) is 0 Å². The summed E-state index contributed by atoms with van der Waals surface area (Å²) in [7, 11) is 0. The minimum atomic E-state index is -4.49. The van der Waals surface area contributed by atoms with E-state index in [4.69, 9.17) is 0 Å². The van der Waals surface area contributed by atoms with Crippen molar-refractivity contribution in [3.63, 3.8) is 0 Å².